The fourth-order valence-corrected chi connectivity index (χ4v) is 3.55. The molecule has 104 valence electrons. The van der Waals surface area contributed by atoms with Gasteiger partial charge in [-0.05, 0) is 53.6 Å². The first kappa shape index (κ1) is 14.8. The van der Waals surface area contributed by atoms with Crippen LogP contribution in [0.4, 0.5) is 4.39 Å². The maximum Gasteiger partial charge on any atom is 0.271 e. The molecule has 2 rings (SSSR count). The fraction of sp³-hybridized carbons (Fsp3) is 0.538. The molecular formula is C13H16BrFN2OS. The summed E-state index contributed by atoms with van der Waals surface area (Å²) in [5.74, 6) is -0.947. The van der Waals surface area contributed by atoms with Gasteiger partial charge in [0.05, 0.1) is 0 Å². The van der Waals surface area contributed by atoms with Crippen molar-refractivity contribution < 1.29 is 9.18 Å². The Balaban J connectivity index is 2.02. The molecule has 0 aromatic carbocycles. The minimum atomic E-state index is -0.640. The van der Waals surface area contributed by atoms with Gasteiger partial charge in [-0.15, -0.1) is 0 Å². The molecule has 6 heteroatoms. The molecule has 1 heterocycles. The van der Waals surface area contributed by atoms with E-state index < -0.39 is 5.95 Å². The molecule has 1 N–H and O–H groups in total. The van der Waals surface area contributed by atoms with Crippen LogP contribution in [0.15, 0.2) is 16.6 Å². The quantitative estimate of drug-likeness (QED) is 0.853. The van der Waals surface area contributed by atoms with E-state index in [2.05, 4.69) is 32.5 Å². The zero-order valence-electron chi connectivity index (χ0n) is 10.7. The maximum absolute atomic E-state index is 13.1. The van der Waals surface area contributed by atoms with E-state index in [0.29, 0.717) is 9.72 Å². The van der Waals surface area contributed by atoms with Crippen LogP contribution < -0.4 is 5.32 Å². The zero-order chi connectivity index (χ0) is 13.8. The Kier molecular flexibility index (Phi) is 5.21. The molecule has 1 aromatic heterocycles. The smallest absolute Gasteiger partial charge is 0.271 e. The average molecular weight is 347 g/mol. The summed E-state index contributed by atoms with van der Waals surface area (Å²) in [6.45, 7) is 0. The minimum absolute atomic E-state index is 0.117. The Labute approximate surface area is 124 Å². The van der Waals surface area contributed by atoms with Gasteiger partial charge in [-0.25, -0.2) is 4.98 Å². The van der Waals surface area contributed by atoms with Gasteiger partial charge in [0, 0.05) is 15.8 Å². The predicted molar refractivity (Wildman–Crippen MR) is 78.9 cm³/mol. The lowest BCUT2D eigenvalue weighted by molar-refractivity contribution is 0.0921. The van der Waals surface area contributed by atoms with Crippen LogP contribution in [0.5, 0.6) is 0 Å². The number of halogens is 2. The first-order valence-corrected chi connectivity index (χ1v) is 8.34. The zero-order valence-corrected chi connectivity index (χ0v) is 13.1. The molecule has 1 fully saturated rings. The van der Waals surface area contributed by atoms with Crippen molar-refractivity contribution in [1.82, 2.24) is 10.3 Å². The van der Waals surface area contributed by atoms with Gasteiger partial charge in [0.25, 0.3) is 5.91 Å². The van der Waals surface area contributed by atoms with E-state index in [1.54, 1.807) is 0 Å². The van der Waals surface area contributed by atoms with Crippen LogP contribution in [-0.4, -0.2) is 28.4 Å². The molecule has 19 heavy (non-hydrogen) atoms. The number of thioether (sulfide) groups is 1. The van der Waals surface area contributed by atoms with Gasteiger partial charge >= 0.3 is 0 Å². The molecule has 1 aromatic rings. The highest BCUT2D eigenvalue weighted by Gasteiger charge is 2.24. The van der Waals surface area contributed by atoms with Crippen molar-refractivity contribution >= 4 is 33.6 Å². The van der Waals surface area contributed by atoms with Crippen LogP contribution in [0.3, 0.4) is 0 Å². The monoisotopic (exact) mass is 346 g/mol. The van der Waals surface area contributed by atoms with Gasteiger partial charge < -0.3 is 5.32 Å². The second kappa shape index (κ2) is 6.70. The highest BCUT2D eigenvalue weighted by molar-refractivity contribution is 9.10. The Hall–Kier alpha value is -0.620. The SMILES string of the molecule is CSC1CCCC(NC(=O)c2nc(F)ccc2Br)C1. The van der Waals surface area contributed by atoms with E-state index in [0.717, 1.165) is 19.3 Å². The van der Waals surface area contributed by atoms with E-state index >= 15 is 0 Å². The van der Waals surface area contributed by atoms with Crippen LogP contribution >= 0.6 is 27.7 Å². The third kappa shape index (κ3) is 3.92. The fourth-order valence-electron chi connectivity index (χ4n) is 2.32. The summed E-state index contributed by atoms with van der Waals surface area (Å²) in [5, 5.41) is 3.56. The lowest BCUT2D eigenvalue weighted by Crippen LogP contribution is -2.39. The molecule has 2 unspecified atom stereocenters. The van der Waals surface area contributed by atoms with E-state index in [4.69, 9.17) is 0 Å². The van der Waals surface area contributed by atoms with Crippen molar-refractivity contribution in [3.63, 3.8) is 0 Å². The first-order valence-electron chi connectivity index (χ1n) is 6.26. The van der Waals surface area contributed by atoms with Crippen LogP contribution in [-0.2, 0) is 0 Å². The molecule has 0 saturated heterocycles. The molecule has 0 aliphatic heterocycles. The van der Waals surface area contributed by atoms with Crippen LogP contribution in [0.25, 0.3) is 0 Å². The van der Waals surface area contributed by atoms with Crippen LogP contribution in [0.2, 0.25) is 0 Å². The van der Waals surface area contributed by atoms with Crippen molar-refractivity contribution in [3.8, 4) is 0 Å². The van der Waals surface area contributed by atoms with E-state index in [-0.39, 0.29) is 17.6 Å². The molecule has 0 radical (unpaired) electrons. The number of amides is 1. The summed E-state index contributed by atoms with van der Waals surface area (Å²) < 4.78 is 13.6. The van der Waals surface area contributed by atoms with E-state index in [9.17, 15) is 9.18 Å². The number of aromatic nitrogens is 1. The first-order chi connectivity index (χ1) is 9.10. The summed E-state index contributed by atoms with van der Waals surface area (Å²) in [6.07, 6.45) is 6.37. The Bertz CT molecular complexity index is 472. The van der Waals surface area contributed by atoms with Crippen molar-refractivity contribution in [2.45, 2.75) is 37.0 Å². The highest BCUT2D eigenvalue weighted by atomic mass is 79.9. The molecule has 1 amide bonds. The highest BCUT2D eigenvalue weighted by Crippen LogP contribution is 2.27. The van der Waals surface area contributed by atoms with Crippen molar-refractivity contribution in [3.05, 3.63) is 28.2 Å². The molecule has 0 spiro atoms. The Morgan fingerprint density at radius 1 is 1.53 bits per heavy atom. The Morgan fingerprint density at radius 3 is 3.05 bits per heavy atom. The Morgan fingerprint density at radius 2 is 2.32 bits per heavy atom. The summed E-state index contributed by atoms with van der Waals surface area (Å²) in [6, 6.07) is 2.89. The van der Waals surface area contributed by atoms with Gasteiger partial charge in [-0.1, -0.05) is 6.42 Å². The predicted octanol–water partition coefficient (Wildman–Crippen LogP) is 3.39. The summed E-state index contributed by atoms with van der Waals surface area (Å²) in [4.78, 5) is 15.8. The van der Waals surface area contributed by atoms with E-state index in [1.165, 1.54) is 18.6 Å². The number of hydrogen-bond acceptors (Lipinski definition) is 3. The van der Waals surface area contributed by atoms with Gasteiger partial charge in [-0.3, -0.25) is 4.79 Å². The molecule has 1 aliphatic rings. The normalized spacial score (nSPS) is 23.1. The third-order valence-corrected chi connectivity index (χ3v) is 5.06. The number of nitrogens with zero attached hydrogens (tertiary/aromatic N) is 1. The second-order valence-electron chi connectivity index (χ2n) is 4.66. The molecule has 3 nitrogen and oxygen atoms in total. The van der Waals surface area contributed by atoms with E-state index in [1.807, 2.05) is 11.8 Å². The molecular weight excluding hydrogens is 331 g/mol. The lowest BCUT2D eigenvalue weighted by atomic mass is 9.95. The third-order valence-electron chi connectivity index (χ3n) is 3.32. The lowest BCUT2D eigenvalue weighted by Gasteiger charge is -2.28. The number of nitrogens with one attached hydrogen (secondary N) is 1. The standard InChI is InChI=1S/C13H16BrFN2OS/c1-19-9-4-2-3-8(7-9)16-13(18)12-10(14)5-6-11(15)17-12/h5-6,8-9H,2-4,7H2,1H3,(H,16,18). The second-order valence-corrected chi connectivity index (χ2v) is 6.65. The van der Waals surface area contributed by atoms with Gasteiger partial charge in [0.1, 0.15) is 5.69 Å². The van der Waals surface area contributed by atoms with Crippen molar-refractivity contribution in [2.24, 2.45) is 0 Å². The number of pyridine rings is 1. The summed E-state index contributed by atoms with van der Waals surface area (Å²) in [5.41, 5.74) is 0.117. The number of hydrogen-bond donors (Lipinski definition) is 1. The number of carbonyl (C=O) groups is 1. The topological polar surface area (TPSA) is 42.0 Å². The molecule has 0 bridgehead atoms. The van der Waals surface area contributed by atoms with Gasteiger partial charge in [-0.2, -0.15) is 16.2 Å². The summed E-state index contributed by atoms with van der Waals surface area (Å²) >= 11 is 5.07. The number of carbonyl (C=O) groups excluding carboxylic acids is 1. The van der Waals surface area contributed by atoms with Crippen molar-refractivity contribution in [2.75, 3.05) is 6.26 Å². The van der Waals surface area contributed by atoms with Crippen LogP contribution in [0.1, 0.15) is 36.2 Å². The number of rotatable bonds is 3. The molecule has 1 saturated carbocycles. The molecule has 2 atom stereocenters. The molecule has 1 aliphatic carbocycles. The largest absolute Gasteiger partial charge is 0.348 e. The summed E-state index contributed by atoms with van der Waals surface area (Å²) in [7, 11) is 0. The average Bonchev–Trinajstić information content (AvgIpc) is 2.41. The maximum atomic E-state index is 13.1. The van der Waals surface area contributed by atoms with Crippen LogP contribution in [0, 0.1) is 5.95 Å². The van der Waals surface area contributed by atoms with Gasteiger partial charge in [0.15, 0.2) is 0 Å². The van der Waals surface area contributed by atoms with Gasteiger partial charge in [0.2, 0.25) is 5.95 Å². The minimum Gasteiger partial charge on any atom is -0.348 e. The van der Waals surface area contributed by atoms with Crippen molar-refractivity contribution in [1.29, 1.82) is 0 Å².